The van der Waals surface area contributed by atoms with E-state index in [9.17, 15) is 8.42 Å². The number of imidazole rings is 1. The van der Waals surface area contributed by atoms with Crippen LogP contribution in [0.25, 0.3) is 5.52 Å². The van der Waals surface area contributed by atoms with Crippen LogP contribution in [0.1, 0.15) is 12.2 Å². The monoisotopic (exact) mass is 345 g/mol. The van der Waals surface area contributed by atoms with E-state index in [0.717, 1.165) is 11.3 Å². The van der Waals surface area contributed by atoms with Crippen LogP contribution in [0.3, 0.4) is 0 Å². The molecule has 0 spiro atoms. The fourth-order valence-corrected chi connectivity index (χ4v) is 3.55. The number of pyridine rings is 1. The third-order valence-corrected chi connectivity index (χ3v) is 5.23. The number of fused-ring (bicyclic) bond motifs is 1. The van der Waals surface area contributed by atoms with Crippen LogP contribution in [0, 0.1) is 0 Å². The lowest BCUT2D eigenvalue weighted by molar-refractivity contribution is 0.414. The number of methoxy groups -OCH3 is 1. The molecule has 0 fully saturated rings. The van der Waals surface area contributed by atoms with E-state index in [4.69, 9.17) is 4.74 Å². The molecule has 0 unspecified atom stereocenters. The summed E-state index contributed by atoms with van der Waals surface area (Å²) in [5, 5.41) is 0. The molecule has 126 valence electrons. The van der Waals surface area contributed by atoms with Gasteiger partial charge in [0.25, 0.3) is 0 Å². The van der Waals surface area contributed by atoms with Crippen LogP contribution in [0.2, 0.25) is 0 Å². The van der Waals surface area contributed by atoms with Gasteiger partial charge >= 0.3 is 0 Å². The summed E-state index contributed by atoms with van der Waals surface area (Å²) in [6, 6.07) is 12.2. The van der Waals surface area contributed by atoms with Crippen molar-refractivity contribution in [3.8, 4) is 5.75 Å². The lowest BCUT2D eigenvalue weighted by Gasteiger charge is -2.07. The van der Waals surface area contributed by atoms with Gasteiger partial charge in [0.1, 0.15) is 11.6 Å². The van der Waals surface area contributed by atoms with Crippen LogP contribution in [-0.4, -0.2) is 31.5 Å². The minimum atomic E-state index is -3.50. The highest BCUT2D eigenvalue weighted by molar-refractivity contribution is 7.89. The lowest BCUT2D eigenvalue weighted by atomic mass is 10.3. The van der Waals surface area contributed by atoms with Crippen LogP contribution in [0.15, 0.2) is 59.8 Å². The number of nitrogens with one attached hydrogen (secondary N) is 1. The second-order valence-corrected chi connectivity index (χ2v) is 7.11. The molecule has 24 heavy (non-hydrogen) atoms. The molecule has 2 heterocycles. The van der Waals surface area contributed by atoms with Crippen molar-refractivity contribution in [3.63, 3.8) is 0 Å². The van der Waals surface area contributed by atoms with E-state index in [2.05, 4.69) is 9.71 Å². The summed E-state index contributed by atoms with van der Waals surface area (Å²) in [4.78, 5) is 4.61. The number of ether oxygens (including phenoxy) is 1. The smallest absolute Gasteiger partial charge is 0.240 e. The maximum atomic E-state index is 12.2. The third kappa shape index (κ3) is 3.58. The molecule has 1 aromatic carbocycles. The highest BCUT2D eigenvalue weighted by Crippen LogP contribution is 2.15. The van der Waals surface area contributed by atoms with E-state index in [-0.39, 0.29) is 4.90 Å². The van der Waals surface area contributed by atoms with Crippen molar-refractivity contribution in [1.82, 2.24) is 14.1 Å². The van der Waals surface area contributed by atoms with E-state index in [1.807, 2.05) is 35.0 Å². The largest absolute Gasteiger partial charge is 0.497 e. The highest BCUT2D eigenvalue weighted by Gasteiger charge is 2.13. The van der Waals surface area contributed by atoms with E-state index in [1.165, 1.54) is 12.1 Å². The van der Waals surface area contributed by atoms with Gasteiger partial charge in [0.2, 0.25) is 10.0 Å². The average Bonchev–Trinajstić information content (AvgIpc) is 3.02. The Balaban J connectivity index is 1.57. The zero-order chi connectivity index (χ0) is 17.0. The Morgan fingerprint density at radius 2 is 1.96 bits per heavy atom. The van der Waals surface area contributed by atoms with Crippen molar-refractivity contribution < 1.29 is 13.2 Å². The van der Waals surface area contributed by atoms with Crippen LogP contribution in [-0.2, 0) is 16.4 Å². The molecule has 3 rings (SSSR count). The first kappa shape index (κ1) is 16.5. The number of aryl methyl sites for hydroxylation is 1. The number of hydrogen-bond acceptors (Lipinski definition) is 4. The zero-order valence-corrected chi connectivity index (χ0v) is 14.2. The van der Waals surface area contributed by atoms with Crippen molar-refractivity contribution in [2.75, 3.05) is 13.7 Å². The fourth-order valence-electron chi connectivity index (χ4n) is 2.48. The van der Waals surface area contributed by atoms with Crippen LogP contribution < -0.4 is 9.46 Å². The van der Waals surface area contributed by atoms with E-state index < -0.39 is 10.0 Å². The topological polar surface area (TPSA) is 72.7 Å². The fraction of sp³-hybridized carbons (Fsp3) is 0.235. The molecule has 2 aromatic heterocycles. The quantitative estimate of drug-likeness (QED) is 0.667. The predicted octanol–water partition coefficient (Wildman–Crippen LogP) is 2.25. The van der Waals surface area contributed by atoms with Gasteiger partial charge in [-0.05, 0) is 42.8 Å². The minimum absolute atomic E-state index is 0.231. The Labute approximate surface area is 141 Å². The van der Waals surface area contributed by atoms with Crippen molar-refractivity contribution in [3.05, 3.63) is 60.7 Å². The maximum absolute atomic E-state index is 12.2. The molecule has 0 aliphatic carbocycles. The van der Waals surface area contributed by atoms with Crippen molar-refractivity contribution in [2.24, 2.45) is 0 Å². The SMILES string of the molecule is COc1ccc(S(=O)(=O)NCCCc2ncc3ccccn23)cc1. The van der Waals surface area contributed by atoms with E-state index >= 15 is 0 Å². The van der Waals surface area contributed by atoms with Gasteiger partial charge in [-0.1, -0.05) is 6.07 Å². The normalized spacial score (nSPS) is 11.7. The highest BCUT2D eigenvalue weighted by atomic mass is 32.2. The molecule has 3 aromatic rings. The van der Waals surface area contributed by atoms with Crippen LogP contribution in [0.5, 0.6) is 5.75 Å². The molecule has 0 aliphatic rings. The second-order valence-electron chi connectivity index (χ2n) is 5.35. The van der Waals surface area contributed by atoms with Crippen LogP contribution in [0.4, 0.5) is 0 Å². The Morgan fingerprint density at radius 1 is 1.17 bits per heavy atom. The van der Waals surface area contributed by atoms with Crippen LogP contribution >= 0.6 is 0 Å². The number of aromatic nitrogens is 2. The molecule has 0 bridgehead atoms. The first-order chi connectivity index (χ1) is 11.6. The number of benzene rings is 1. The predicted molar refractivity (Wildman–Crippen MR) is 91.7 cm³/mol. The van der Waals surface area contributed by atoms with Gasteiger partial charge in [-0.3, -0.25) is 0 Å². The number of nitrogens with zero attached hydrogens (tertiary/aromatic N) is 2. The molecular formula is C17H19N3O3S. The Bertz CT molecular complexity index is 918. The third-order valence-electron chi connectivity index (χ3n) is 3.75. The average molecular weight is 345 g/mol. The maximum Gasteiger partial charge on any atom is 0.240 e. The van der Waals surface area contributed by atoms with Gasteiger partial charge in [0.15, 0.2) is 0 Å². The van der Waals surface area contributed by atoms with Gasteiger partial charge in [-0.15, -0.1) is 0 Å². The molecular weight excluding hydrogens is 326 g/mol. The van der Waals surface area contributed by atoms with Gasteiger partial charge in [-0.25, -0.2) is 18.1 Å². The van der Waals surface area contributed by atoms with Crippen molar-refractivity contribution in [1.29, 1.82) is 0 Å². The summed E-state index contributed by atoms with van der Waals surface area (Å²) >= 11 is 0. The lowest BCUT2D eigenvalue weighted by Crippen LogP contribution is -2.25. The minimum Gasteiger partial charge on any atom is -0.497 e. The molecule has 0 saturated carbocycles. The summed E-state index contributed by atoms with van der Waals surface area (Å²) in [6.45, 7) is 0.357. The summed E-state index contributed by atoms with van der Waals surface area (Å²) in [5.41, 5.74) is 1.03. The summed E-state index contributed by atoms with van der Waals surface area (Å²) < 4.78 is 34.1. The molecule has 1 N–H and O–H groups in total. The summed E-state index contributed by atoms with van der Waals surface area (Å²) in [7, 11) is -1.96. The van der Waals surface area contributed by atoms with Gasteiger partial charge < -0.3 is 9.14 Å². The summed E-state index contributed by atoms with van der Waals surface area (Å²) in [5.74, 6) is 1.55. The molecule has 7 heteroatoms. The molecule has 0 saturated heterocycles. The molecule has 0 radical (unpaired) electrons. The van der Waals surface area contributed by atoms with E-state index in [1.54, 1.807) is 19.2 Å². The van der Waals surface area contributed by atoms with Crippen molar-refractivity contribution in [2.45, 2.75) is 17.7 Å². The first-order valence-corrected chi connectivity index (χ1v) is 9.13. The number of rotatable bonds is 7. The van der Waals surface area contributed by atoms with Gasteiger partial charge in [0, 0.05) is 19.2 Å². The Hall–Kier alpha value is -2.38. The number of sulfonamides is 1. The molecule has 0 amide bonds. The molecule has 0 aliphatic heterocycles. The summed E-state index contributed by atoms with van der Waals surface area (Å²) in [6.07, 6.45) is 5.14. The number of hydrogen-bond donors (Lipinski definition) is 1. The van der Waals surface area contributed by atoms with Gasteiger partial charge in [-0.2, -0.15) is 0 Å². The molecule has 0 atom stereocenters. The Morgan fingerprint density at radius 3 is 2.71 bits per heavy atom. The first-order valence-electron chi connectivity index (χ1n) is 7.65. The van der Waals surface area contributed by atoms with Crippen molar-refractivity contribution >= 4 is 15.5 Å². The second kappa shape index (κ2) is 7.02. The van der Waals surface area contributed by atoms with E-state index in [0.29, 0.717) is 25.1 Å². The standard InChI is InChI=1S/C17H19N3O3S/c1-23-15-7-9-16(10-8-15)24(21,22)19-11-4-6-17-18-13-14-5-2-3-12-20(14)17/h2-3,5,7-10,12-13,19H,4,6,11H2,1H3. The zero-order valence-electron chi connectivity index (χ0n) is 13.3. The Kier molecular flexibility index (Phi) is 4.82. The molecule has 6 nitrogen and oxygen atoms in total. The van der Waals surface area contributed by atoms with Gasteiger partial charge in [0.05, 0.1) is 23.7 Å².